The van der Waals surface area contributed by atoms with Gasteiger partial charge in [0.2, 0.25) is 0 Å². The zero-order chi connectivity index (χ0) is 17.9. The average molecular weight is 358 g/mol. The Morgan fingerprint density at radius 1 is 1.04 bits per heavy atom. The van der Waals surface area contributed by atoms with E-state index >= 15 is 0 Å². The van der Waals surface area contributed by atoms with Crippen LogP contribution < -0.4 is 5.32 Å². The van der Waals surface area contributed by atoms with E-state index in [-0.39, 0.29) is 5.91 Å². The van der Waals surface area contributed by atoms with E-state index in [2.05, 4.69) is 37.6 Å². The number of nitrogens with zero attached hydrogens (tertiary/aromatic N) is 1. The van der Waals surface area contributed by atoms with Crippen LogP contribution in [0.4, 0.5) is 5.69 Å². The number of amides is 1. The summed E-state index contributed by atoms with van der Waals surface area (Å²) in [5, 5.41) is 3.62. The molecule has 0 unspecified atom stereocenters. The van der Waals surface area contributed by atoms with Gasteiger partial charge in [-0.1, -0.05) is 23.7 Å². The van der Waals surface area contributed by atoms with Crippen LogP contribution in [0.5, 0.6) is 0 Å². The molecule has 0 atom stereocenters. The van der Waals surface area contributed by atoms with Crippen molar-refractivity contribution in [2.45, 2.75) is 32.2 Å². The fraction of sp³-hybridized carbons (Fsp3) is 0.381. The molecule has 0 aromatic heterocycles. The maximum Gasteiger partial charge on any atom is 0.279 e. The van der Waals surface area contributed by atoms with Crippen molar-refractivity contribution in [1.82, 2.24) is 0 Å². The molecule has 1 N–H and O–H groups in total. The summed E-state index contributed by atoms with van der Waals surface area (Å²) in [6.45, 7) is 1.28. The first kappa shape index (κ1) is 18.0. The minimum absolute atomic E-state index is 0.0188. The summed E-state index contributed by atoms with van der Waals surface area (Å²) >= 11 is 5.88. The lowest BCUT2D eigenvalue weighted by molar-refractivity contribution is -0.895. The SMILES string of the molecule is C[N+](C)(CC(=O)Nc1ccc(Cl)cc1)Cc1ccc2c(c1)CCCC2. The molecule has 4 heteroatoms. The molecule has 0 heterocycles. The van der Waals surface area contributed by atoms with Crippen molar-refractivity contribution >= 4 is 23.2 Å². The van der Waals surface area contributed by atoms with Gasteiger partial charge in [-0.15, -0.1) is 0 Å². The molecule has 1 aliphatic carbocycles. The Labute approximate surface area is 155 Å². The molecule has 0 saturated carbocycles. The first-order valence-electron chi connectivity index (χ1n) is 8.89. The second kappa shape index (κ2) is 7.59. The molecule has 3 nitrogen and oxygen atoms in total. The van der Waals surface area contributed by atoms with Crippen LogP contribution in [0.25, 0.3) is 0 Å². The van der Waals surface area contributed by atoms with E-state index in [1.807, 2.05) is 12.1 Å². The fourth-order valence-electron chi connectivity index (χ4n) is 3.56. The quantitative estimate of drug-likeness (QED) is 0.788. The van der Waals surface area contributed by atoms with Crippen LogP contribution in [-0.2, 0) is 24.2 Å². The molecule has 0 bridgehead atoms. The maximum atomic E-state index is 12.4. The molecule has 0 spiro atoms. The standard InChI is InChI=1S/C21H25ClN2O/c1-24(2,15-21(25)23-20-11-9-19(22)10-12-20)14-16-7-8-17-5-3-4-6-18(17)13-16/h7-13H,3-6,14-15H2,1-2H3/p+1. The van der Waals surface area contributed by atoms with Gasteiger partial charge in [-0.25, -0.2) is 0 Å². The summed E-state index contributed by atoms with van der Waals surface area (Å²) in [7, 11) is 4.20. The lowest BCUT2D eigenvalue weighted by Crippen LogP contribution is -2.44. The van der Waals surface area contributed by atoms with E-state index in [4.69, 9.17) is 11.6 Å². The lowest BCUT2D eigenvalue weighted by Gasteiger charge is -2.29. The highest BCUT2D eigenvalue weighted by molar-refractivity contribution is 6.30. The van der Waals surface area contributed by atoms with Crippen LogP contribution in [0, 0.1) is 0 Å². The zero-order valence-corrected chi connectivity index (χ0v) is 15.8. The monoisotopic (exact) mass is 357 g/mol. The van der Waals surface area contributed by atoms with Gasteiger partial charge in [-0.2, -0.15) is 0 Å². The number of halogens is 1. The van der Waals surface area contributed by atoms with Crippen molar-refractivity contribution in [3.05, 3.63) is 64.2 Å². The number of anilines is 1. The highest BCUT2D eigenvalue weighted by Crippen LogP contribution is 2.23. The third-order valence-corrected chi connectivity index (χ3v) is 4.98. The number of hydrogen-bond donors (Lipinski definition) is 1. The predicted octanol–water partition coefficient (Wildman–Crippen LogP) is 4.43. The molecular formula is C21H26ClN2O+. The number of aryl methyl sites for hydroxylation is 2. The number of likely N-dealkylation sites (N-methyl/N-ethyl adjacent to an activating group) is 1. The molecule has 0 radical (unpaired) electrons. The van der Waals surface area contributed by atoms with Crippen LogP contribution in [0.15, 0.2) is 42.5 Å². The van der Waals surface area contributed by atoms with Gasteiger partial charge in [0.05, 0.1) is 14.1 Å². The fourth-order valence-corrected chi connectivity index (χ4v) is 3.68. The van der Waals surface area contributed by atoms with Crippen molar-refractivity contribution in [2.24, 2.45) is 0 Å². The number of fused-ring (bicyclic) bond motifs is 1. The summed E-state index contributed by atoms with van der Waals surface area (Å²) in [5.41, 5.74) is 5.09. The molecule has 2 aromatic carbocycles. The average Bonchev–Trinajstić information content (AvgIpc) is 2.56. The van der Waals surface area contributed by atoms with Crippen LogP contribution >= 0.6 is 11.6 Å². The van der Waals surface area contributed by atoms with E-state index in [9.17, 15) is 4.79 Å². The predicted molar refractivity (Wildman–Crippen MR) is 104 cm³/mol. The highest BCUT2D eigenvalue weighted by Gasteiger charge is 2.21. The first-order valence-corrected chi connectivity index (χ1v) is 9.27. The molecule has 1 amide bonds. The minimum Gasteiger partial charge on any atom is -0.321 e. The maximum absolute atomic E-state index is 12.4. The van der Waals surface area contributed by atoms with Crippen molar-refractivity contribution in [3.8, 4) is 0 Å². The Balaban J connectivity index is 1.61. The van der Waals surface area contributed by atoms with Crippen molar-refractivity contribution in [2.75, 3.05) is 26.0 Å². The molecule has 3 rings (SSSR count). The van der Waals surface area contributed by atoms with Crippen LogP contribution in [0.2, 0.25) is 5.02 Å². The van der Waals surface area contributed by atoms with E-state index < -0.39 is 0 Å². The summed E-state index contributed by atoms with van der Waals surface area (Å²) in [6.07, 6.45) is 4.99. The van der Waals surface area contributed by atoms with Gasteiger partial charge in [-0.05, 0) is 67.1 Å². The molecule has 2 aromatic rings. The molecule has 132 valence electrons. The molecule has 0 saturated heterocycles. The molecule has 0 aliphatic heterocycles. The molecule has 0 fully saturated rings. The second-order valence-electron chi connectivity index (χ2n) is 7.62. The van der Waals surface area contributed by atoms with Gasteiger partial charge in [0.1, 0.15) is 6.54 Å². The summed E-state index contributed by atoms with van der Waals surface area (Å²) < 4.78 is 0.623. The van der Waals surface area contributed by atoms with Gasteiger partial charge in [-0.3, -0.25) is 4.79 Å². The topological polar surface area (TPSA) is 29.1 Å². The number of benzene rings is 2. The lowest BCUT2D eigenvalue weighted by atomic mass is 9.90. The van der Waals surface area contributed by atoms with Gasteiger partial charge < -0.3 is 9.80 Å². The van der Waals surface area contributed by atoms with Crippen LogP contribution in [0.1, 0.15) is 29.5 Å². The van der Waals surface area contributed by atoms with Gasteiger partial charge in [0.25, 0.3) is 5.91 Å². The second-order valence-corrected chi connectivity index (χ2v) is 8.05. The number of quaternary nitrogens is 1. The van der Waals surface area contributed by atoms with E-state index in [0.717, 1.165) is 12.2 Å². The Morgan fingerprint density at radius 2 is 1.72 bits per heavy atom. The van der Waals surface area contributed by atoms with Crippen molar-refractivity contribution < 1.29 is 9.28 Å². The number of nitrogens with one attached hydrogen (secondary N) is 1. The smallest absolute Gasteiger partial charge is 0.279 e. The third-order valence-electron chi connectivity index (χ3n) is 4.72. The Hall–Kier alpha value is -1.84. The number of carbonyl (C=O) groups is 1. The van der Waals surface area contributed by atoms with Crippen LogP contribution in [0.3, 0.4) is 0 Å². The summed E-state index contributed by atoms with van der Waals surface area (Å²) in [6, 6.07) is 14.0. The normalized spacial score (nSPS) is 14.0. The van der Waals surface area contributed by atoms with E-state index in [1.54, 1.807) is 12.1 Å². The van der Waals surface area contributed by atoms with Crippen molar-refractivity contribution in [3.63, 3.8) is 0 Å². The minimum atomic E-state index is 0.0188. The number of rotatable bonds is 5. The number of hydrogen-bond acceptors (Lipinski definition) is 1. The third kappa shape index (κ3) is 5.07. The van der Waals surface area contributed by atoms with Gasteiger partial charge >= 0.3 is 0 Å². The van der Waals surface area contributed by atoms with Gasteiger partial charge in [0.15, 0.2) is 6.54 Å². The molecule has 1 aliphatic rings. The number of carbonyl (C=O) groups excluding carboxylic acids is 1. The molecule has 25 heavy (non-hydrogen) atoms. The Kier molecular flexibility index (Phi) is 5.45. The van der Waals surface area contributed by atoms with Crippen molar-refractivity contribution in [1.29, 1.82) is 0 Å². The summed E-state index contributed by atoms with van der Waals surface area (Å²) in [5.74, 6) is 0.0188. The largest absolute Gasteiger partial charge is 0.321 e. The Bertz CT molecular complexity index is 753. The van der Waals surface area contributed by atoms with E-state index in [1.165, 1.54) is 42.4 Å². The first-order chi connectivity index (χ1) is 11.9. The Morgan fingerprint density at radius 3 is 2.44 bits per heavy atom. The highest BCUT2D eigenvalue weighted by atomic mass is 35.5. The summed E-state index contributed by atoms with van der Waals surface area (Å²) in [4.78, 5) is 12.4. The van der Waals surface area contributed by atoms with E-state index in [0.29, 0.717) is 16.1 Å². The zero-order valence-electron chi connectivity index (χ0n) is 15.0. The molecular weight excluding hydrogens is 332 g/mol. The van der Waals surface area contributed by atoms with Crippen LogP contribution in [-0.4, -0.2) is 31.0 Å². The van der Waals surface area contributed by atoms with Gasteiger partial charge in [0, 0.05) is 16.3 Å².